The quantitative estimate of drug-likeness (QED) is 0.711. The van der Waals surface area contributed by atoms with E-state index in [0.29, 0.717) is 30.6 Å². The molecule has 6 heteroatoms. The van der Waals surface area contributed by atoms with Crippen molar-refractivity contribution in [1.29, 1.82) is 0 Å². The van der Waals surface area contributed by atoms with Crippen LogP contribution in [0.15, 0.2) is 29.8 Å². The third-order valence-corrected chi connectivity index (χ3v) is 5.63. The molecule has 118 valence electrons. The van der Waals surface area contributed by atoms with Crippen molar-refractivity contribution in [1.82, 2.24) is 14.2 Å². The molecule has 0 atom stereocenters. The van der Waals surface area contributed by atoms with Gasteiger partial charge in [0, 0.05) is 37.6 Å². The van der Waals surface area contributed by atoms with Crippen LogP contribution in [0.1, 0.15) is 38.4 Å². The first kappa shape index (κ1) is 16.3. The number of likely N-dealkylation sites (N-methyl/N-ethyl adjacent to an activating group) is 1. The second-order valence-electron chi connectivity index (χ2n) is 5.33. The highest BCUT2D eigenvalue weighted by Crippen LogP contribution is 2.37. The Morgan fingerprint density at radius 1 is 1.48 bits per heavy atom. The van der Waals surface area contributed by atoms with E-state index < -0.39 is 10.0 Å². The molecule has 1 fully saturated rings. The molecule has 0 aromatic carbocycles. The van der Waals surface area contributed by atoms with Gasteiger partial charge in [0.2, 0.25) is 10.0 Å². The van der Waals surface area contributed by atoms with E-state index in [1.54, 1.807) is 12.3 Å². The van der Waals surface area contributed by atoms with Crippen LogP contribution in [0.5, 0.6) is 0 Å². The van der Waals surface area contributed by atoms with Gasteiger partial charge in [-0.15, -0.1) is 6.58 Å². The topological polar surface area (TPSA) is 54.3 Å². The van der Waals surface area contributed by atoms with Gasteiger partial charge >= 0.3 is 0 Å². The maximum atomic E-state index is 12.7. The molecule has 1 aliphatic carbocycles. The van der Waals surface area contributed by atoms with E-state index in [-0.39, 0.29) is 0 Å². The Morgan fingerprint density at radius 3 is 2.71 bits per heavy atom. The van der Waals surface area contributed by atoms with E-state index in [2.05, 4.69) is 16.5 Å². The number of sulfonamides is 1. The van der Waals surface area contributed by atoms with E-state index in [4.69, 9.17) is 0 Å². The molecule has 0 saturated heterocycles. The van der Waals surface area contributed by atoms with E-state index in [1.165, 1.54) is 4.31 Å². The fourth-order valence-electron chi connectivity index (χ4n) is 2.42. The number of rotatable bonds is 9. The van der Waals surface area contributed by atoms with E-state index in [1.807, 2.05) is 19.9 Å². The Kier molecular flexibility index (Phi) is 5.24. The zero-order valence-corrected chi connectivity index (χ0v) is 13.7. The van der Waals surface area contributed by atoms with Crippen LogP contribution >= 0.6 is 0 Å². The Morgan fingerprint density at radius 2 is 2.19 bits per heavy atom. The summed E-state index contributed by atoms with van der Waals surface area (Å²) in [5.41, 5.74) is 1.05. The lowest BCUT2D eigenvalue weighted by atomic mass is 10.4. The molecule has 1 N–H and O–H groups in total. The summed E-state index contributed by atoms with van der Waals surface area (Å²) in [5, 5.41) is 3.28. The molecule has 2 rings (SSSR count). The molecule has 0 radical (unpaired) electrons. The van der Waals surface area contributed by atoms with Crippen LogP contribution < -0.4 is 5.32 Å². The van der Waals surface area contributed by atoms with Gasteiger partial charge in [-0.25, -0.2) is 8.42 Å². The predicted molar refractivity (Wildman–Crippen MR) is 84.7 cm³/mol. The number of hydrogen-bond donors (Lipinski definition) is 1. The van der Waals surface area contributed by atoms with Gasteiger partial charge in [-0.2, -0.15) is 4.31 Å². The van der Waals surface area contributed by atoms with Gasteiger partial charge in [0.1, 0.15) is 4.90 Å². The molecule has 0 amide bonds. The van der Waals surface area contributed by atoms with E-state index >= 15 is 0 Å². The van der Waals surface area contributed by atoms with Crippen molar-refractivity contribution < 1.29 is 8.42 Å². The normalized spacial score (nSPS) is 15.6. The summed E-state index contributed by atoms with van der Waals surface area (Å²) >= 11 is 0. The Hall–Kier alpha value is -1.11. The highest BCUT2D eigenvalue weighted by Gasteiger charge is 2.30. The molecule has 1 saturated carbocycles. The largest absolute Gasteiger partial charge is 0.346 e. The van der Waals surface area contributed by atoms with Crippen molar-refractivity contribution in [3.8, 4) is 0 Å². The maximum Gasteiger partial charge on any atom is 0.244 e. The lowest BCUT2D eigenvalue weighted by molar-refractivity contribution is 0.459. The van der Waals surface area contributed by atoms with Crippen LogP contribution in [0.25, 0.3) is 0 Å². The molecule has 1 aromatic heterocycles. The van der Waals surface area contributed by atoms with Gasteiger partial charge in [-0.05, 0) is 25.5 Å². The zero-order valence-electron chi connectivity index (χ0n) is 12.9. The first-order valence-electron chi connectivity index (χ1n) is 7.57. The summed E-state index contributed by atoms with van der Waals surface area (Å²) in [7, 11) is -3.43. The van der Waals surface area contributed by atoms with Crippen molar-refractivity contribution in [3.05, 3.63) is 30.6 Å². The van der Waals surface area contributed by atoms with Crippen LogP contribution in [0.4, 0.5) is 0 Å². The van der Waals surface area contributed by atoms with Crippen molar-refractivity contribution in [2.24, 2.45) is 0 Å². The van der Waals surface area contributed by atoms with Crippen LogP contribution in [0.2, 0.25) is 0 Å². The van der Waals surface area contributed by atoms with Crippen LogP contribution in [-0.4, -0.2) is 36.9 Å². The maximum absolute atomic E-state index is 12.7. The van der Waals surface area contributed by atoms with Crippen molar-refractivity contribution in [3.63, 3.8) is 0 Å². The lowest BCUT2D eigenvalue weighted by Gasteiger charge is -2.17. The number of hydrogen-bond acceptors (Lipinski definition) is 3. The minimum atomic E-state index is -3.43. The fraction of sp³-hybridized carbons (Fsp3) is 0.600. The molecular weight excluding hydrogens is 286 g/mol. The third kappa shape index (κ3) is 3.56. The third-order valence-electron chi connectivity index (χ3n) is 3.73. The van der Waals surface area contributed by atoms with Crippen molar-refractivity contribution in [2.45, 2.75) is 44.2 Å². The molecule has 5 nitrogen and oxygen atoms in total. The van der Waals surface area contributed by atoms with Crippen LogP contribution in [0, 0.1) is 0 Å². The Bertz CT molecular complexity index is 588. The van der Waals surface area contributed by atoms with E-state index in [0.717, 1.165) is 25.1 Å². The van der Waals surface area contributed by atoms with Gasteiger partial charge in [0.15, 0.2) is 0 Å². The van der Waals surface area contributed by atoms with Crippen LogP contribution in [-0.2, 0) is 16.6 Å². The number of nitrogens with zero attached hydrogens (tertiary/aromatic N) is 2. The van der Waals surface area contributed by atoms with Gasteiger partial charge in [0.25, 0.3) is 0 Å². The average molecular weight is 311 g/mol. The molecule has 0 unspecified atom stereocenters. The summed E-state index contributed by atoms with van der Waals surface area (Å²) in [4.78, 5) is 0.394. The minimum absolute atomic E-state index is 0.343. The summed E-state index contributed by atoms with van der Waals surface area (Å²) in [6.07, 6.45) is 5.69. The van der Waals surface area contributed by atoms with Crippen LogP contribution in [0.3, 0.4) is 0 Å². The summed E-state index contributed by atoms with van der Waals surface area (Å²) < 4.78 is 28.9. The number of aromatic nitrogens is 1. The monoisotopic (exact) mass is 311 g/mol. The SMILES string of the molecule is C=CCN(CC)S(=O)(=O)c1cc(CNCC)n(C2CC2)c1. The first-order valence-corrected chi connectivity index (χ1v) is 9.01. The molecule has 1 heterocycles. The standard InChI is InChI=1S/C15H25N3O2S/c1-4-9-17(6-3)21(19,20)15-10-14(11-16-5-2)18(12-15)13-7-8-13/h4,10,12-13,16H,1,5-9,11H2,2-3H3. The lowest BCUT2D eigenvalue weighted by Crippen LogP contribution is -2.30. The Balaban J connectivity index is 2.32. The van der Waals surface area contributed by atoms with E-state index in [9.17, 15) is 8.42 Å². The summed E-state index contributed by atoms with van der Waals surface area (Å²) in [6, 6.07) is 2.28. The van der Waals surface area contributed by atoms with Gasteiger partial charge in [-0.1, -0.05) is 19.9 Å². The molecule has 0 bridgehead atoms. The van der Waals surface area contributed by atoms with Crippen molar-refractivity contribution >= 4 is 10.0 Å². The minimum Gasteiger partial charge on any atom is -0.346 e. The number of nitrogens with one attached hydrogen (secondary N) is 1. The van der Waals surface area contributed by atoms with Gasteiger partial charge in [-0.3, -0.25) is 0 Å². The smallest absolute Gasteiger partial charge is 0.244 e. The molecule has 21 heavy (non-hydrogen) atoms. The Labute approximate surface area is 127 Å². The highest BCUT2D eigenvalue weighted by atomic mass is 32.2. The van der Waals surface area contributed by atoms with Gasteiger partial charge < -0.3 is 9.88 Å². The molecule has 1 aromatic rings. The second kappa shape index (κ2) is 6.77. The molecule has 0 spiro atoms. The summed E-state index contributed by atoms with van der Waals surface area (Å²) in [6.45, 7) is 9.90. The zero-order chi connectivity index (χ0) is 15.5. The average Bonchev–Trinajstić information content (AvgIpc) is 3.21. The second-order valence-corrected chi connectivity index (χ2v) is 7.27. The molecule has 0 aliphatic heterocycles. The first-order chi connectivity index (χ1) is 10.0. The molecule has 1 aliphatic rings. The van der Waals surface area contributed by atoms with Crippen molar-refractivity contribution in [2.75, 3.05) is 19.6 Å². The fourth-order valence-corrected chi connectivity index (χ4v) is 3.89. The predicted octanol–water partition coefficient (Wildman–Crippen LogP) is 2.13. The molecular formula is C15H25N3O2S. The summed E-state index contributed by atoms with van der Waals surface area (Å²) in [5.74, 6) is 0. The highest BCUT2D eigenvalue weighted by molar-refractivity contribution is 7.89. The van der Waals surface area contributed by atoms with Gasteiger partial charge in [0.05, 0.1) is 0 Å².